The summed E-state index contributed by atoms with van der Waals surface area (Å²) in [5.41, 5.74) is 2.94. The summed E-state index contributed by atoms with van der Waals surface area (Å²) in [5, 5.41) is 4.53. The van der Waals surface area contributed by atoms with E-state index in [-0.39, 0.29) is 0 Å². The molecule has 1 aromatic carbocycles. The van der Waals surface area contributed by atoms with Gasteiger partial charge in [0.05, 0.1) is 22.9 Å². The SMILES string of the molecule is CCCCc1nc(Cl)c(CNc2ccc(C)cc2Cl)[nH]1. The first-order chi connectivity index (χ1) is 9.60. The predicted molar refractivity (Wildman–Crippen MR) is 85.7 cm³/mol. The zero-order valence-electron chi connectivity index (χ0n) is 11.8. The molecule has 0 atom stereocenters. The van der Waals surface area contributed by atoms with Gasteiger partial charge in [-0.05, 0) is 31.0 Å². The Morgan fingerprint density at radius 3 is 2.80 bits per heavy atom. The molecule has 108 valence electrons. The van der Waals surface area contributed by atoms with Crippen molar-refractivity contribution < 1.29 is 0 Å². The van der Waals surface area contributed by atoms with E-state index in [0.29, 0.717) is 16.7 Å². The fourth-order valence-corrected chi connectivity index (χ4v) is 2.48. The Hall–Kier alpha value is -1.19. The maximum absolute atomic E-state index is 6.19. The lowest BCUT2D eigenvalue weighted by Gasteiger charge is -2.08. The molecule has 0 amide bonds. The Balaban J connectivity index is 2.01. The number of aromatic nitrogens is 2. The highest BCUT2D eigenvalue weighted by Crippen LogP contribution is 2.24. The number of hydrogen-bond donors (Lipinski definition) is 2. The van der Waals surface area contributed by atoms with Crippen molar-refractivity contribution in [2.45, 2.75) is 39.7 Å². The van der Waals surface area contributed by atoms with Gasteiger partial charge in [-0.3, -0.25) is 0 Å². The molecule has 0 spiro atoms. The second-order valence-electron chi connectivity index (χ2n) is 4.89. The smallest absolute Gasteiger partial charge is 0.152 e. The molecule has 0 fully saturated rings. The van der Waals surface area contributed by atoms with Gasteiger partial charge in [-0.15, -0.1) is 0 Å². The average Bonchev–Trinajstić information content (AvgIpc) is 2.76. The van der Waals surface area contributed by atoms with E-state index in [2.05, 4.69) is 22.2 Å². The number of rotatable bonds is 6. The van der Waals surface area contributed by atoms with Crippen molar-refractivity contribution in [2.75, 3.05) is 5.32 Å². The highest BCUT2D eigenvalue weighted by Gasteiger charge is 2.08. The van der Waals surface area contributed by atoms with Gasteiger partial charge in [0.25, 0.3) is 0 Å². The van der Waals surface area contributed by atoms with Crippen LogP contribution in [-0.2, 0) is 13.0 Å². The van der Waals surface area contributed by atoms with Crippen LogP contribution in [-0.4, -0.2) is 9.97 Å². The summed E-state index contributed by atoms with van der Waals surface area (Å²) in [4.78, 5) is 7.60. The molecule has 0 radical (unpaired) electrons. The summed E-state index contributed by atoms with van der Waals surface area (Å²) in [5.74, 6) is 0.948. The van der Waals surface area contributed by atoms with E-state index in [1.165, 1.54) is 0 Å². The van der Waals surface area contributed by atoms with E-state index in [1.807, 2.05) is 25.1 Å². The van der Waals surface area contributed by atoms with Gasteiger partial charge in [0.15, 0.2) is 5.15 Å². The number of hydrogen-bond acceptors (Lipinski definition) is 2. The molecule has 0 unspecified atom stereocenters. The molecule has 0 aliphatic rings. The standard InChI is InChI=1S/C15H19Cl2N3/c1-3-4-5-14-19-13(15(17)20-14)9-18-12-7-6-10(2)8-11(12)16/h6-8,18H,3-5,9H2,1-2H3,(H,19,20). The number of benzene rings is 1. The molecular formula is C15H19Cl2N3. The van der Waals surface area contributed by atoms with E-state index in [4.69, 9.17) is 23.2 Å². The minimum atomic E-state index is 0.534. The summed E-state index contributed by atoms with van der Waals surface area (Å²) in [6.45, 7) is 4.76. The molecule has 0 saturated heterocycles. The summed E-state index contributed by atoms with van der Waals surface area (Å²) in [6, 6.07) is 5.93. The maximum Gasteiger partial charge on any atom is 0.152 e. The fraction of sp³-hybridized carbons (Fsp3) is 0.400. The Morgan fingerprint density at radius 2 is 2.10 bits per heavy atom. The number of halogens is 2. The third-order valence-corrected chi connectivity index (χ3v) is 3.75. The summed E-state index contributed by atoms with van der Waals surface area (Å²) in [7, 11) is 0. The minimum Gasteiger partial charge on any atom is -0.378 e. The predicted octanol–water partition coefficient (Wildman–Crippen LogP) is 4.98. The van der Waals surface area contributed by atoms with Crippen LogP contribution < -0.4 is 5.32 Å². The number of H-pyrrole nitrogens is 1. The molecule has 2 rings (SSSR count). The van der Waals surface area contributed by atoms with Crippen LogP contribution in [0.15, 0.2) is 18.2 Å². The molecule has 0 saturated carbocycles. The largest absolute Gasteiger partial charge is 0.378 e. The number of unbranched alkanes of at least 4 members (excludes halogenated alkanes) is 1. The maximum atomic E-state index is 6.19. The summed E-state index contributed by atoms with van der Waals surface area (Å²) >= 11 is 12.3. The van der Waals surface area contributed by atoms with Gasteiger partial charge < -0.3 is 10.3 Å². The molecule has 1 heterocycles. The molecule has 0 aliphatic heterocycles. The Bertz CT molecular complexity index is 578. The Morgan fingerprint density at radius 1 is 1.30 bits per heavy atom. The van der Waals surface area contributed by atoms with Crippen molar-refractivity contribution in [2.24, 2.45) is 0 Å². The van der Waals surface area contributed by atoms with Gasteiger partial charge in [0, 0.05) is 6.42 Å². The zero-order valence-corrected chi connectivity index (χ0v) is 13.3. The number of anilines is 1. The summed E-state index contributed by atoms with van der Waals surface area (Å²) in [6.07, 6.45) is 3.19. The van der Waals surface area contributed by atoms with Gasteiger partial charge >= 0.3 is 0 Å². The molecule has 1 aromatic heterocycles. The number of aromatic amines is 1. The van der Waals surface area contributed by atoms with E-state index in [1.54, 1.807) is 0 Å². The van der Waals surface area contributed by atoms with Gasteiger partial charge in [0.1, 0.15) is 5.82 Å². The average molecular weight is 312 g/mol. The van der Waals surface area contributed by atoms with E-state index in [9.17, 15) is 0 Å². The van der Waals surface area contributed by atoms with E-state index in [0.717, 1.165) is 42.0 Å². The minimum absolute atomic E-state index is 0.534. The lowest BCUT2D eigenvalue weighted by atomic mass is 10.2. The third kappa shape index (κ3) is 3.90. The van der Waals surface area contributed by atoms with E-state index < -0.39 is 0 Å². The number of nitrogens with zero attached hydrogens (tertiary/aromatic N) is 1. The second kappa shape index (κ2) is 7.00. The first-order valence-electron chi connectivity index (χ1n) is 6.83. The van der Waals surface area contributed by atoms with Crippen LogP contribution in [0.1, 0.15) is 36.8 Å². The van der Waals surface area contributed by atoms with Crippen molar-refractivity contribution in [1.29, 1.82) is 0 Å². The molecule has 2 aromatic rings. The number of imidazole rings is 1. The monoisotopic (exact) mass is 311 g/mol. The van der Waals surface area contributed by atoms with Crippen molar-refractivity contribution in [3.05, 3.63) is 45.5 Å². The van der Waals surface area contributed by atoms with Crippen LogP contribution in [0.25, 0.3) is 0 Å². The topological polar surface area (TPSA) is 40.7 Å². The Labute approximate surface area is 129 Å². The second-order valence-corrected chi connectivity index (χ2v) is 5.66. The highest BCUT2D eigenvalue weighted by molar-refractivity contribution is 6.33. The molecule has 2 N–H and O–H groups in total. The van der Waals surface area contributed by atoms with Crippen LogP contribution in [0.5, 0.6) is 0 Å². The molecular weight excluding hydrogens is 293 g/mol. The quantitative estimate of drug-likeness (QED) is 0.790. The van der Waals surface area contributed by atoms with Crippen molar-refractivity contribution in [3.63, 3.8) is 0 Å². The van der Waals surface area contributed by atoms with Gasteiger partial charge in [-0.2, -0.15) is 0 Å². The third-order valence-electron chi connectivity index (χ3n) is 3.12. The van der Waals surface area contributed by atoms with Gasteiger partial charge in [-0.1, -0.05) is 42.6 Å². The number of aryl methyl sites for hydroxylation is 2. The van der Waals surface area contributed by atoms with Crippen LogP contribution in [0.2, 0.25) is 10.2 Å². The Kier molecular flexibility index (Phi) is 5.32. The molecule has 20 heavy (non-hydrogen) atoms. The van der Waals surface area contributed by atoms with Crippen LogP contribution in [0.3, 0.4) is 0 Å². The van der Waals surface area contributed by atoms with Crippen LogP contribution in [0, 0.1) is 6.92 Å². The first-order valence-corrected chi connectivity index (χ1v) is 7.59. The highest BCUT2D eigenvalue weighted by atomic mass is 35.5. The summed E-state index contributed by atoms with van der Waals surface area (Å²) < 4.78 is 0. The zero-order chi connectivity index (χ0) is 14.5. The first kappa shape index (κ1) is 15.2. The molecule has 0 aliphatic carbocycles. The van der Waals surface area contributed by atoms with Crippen LogP contribution >= 0.6 is 23.2 Å². The van der Waals surface area contributed by atoms with Crippen molar-refractivity contribution >= 4 is 28.9 Å². The molecule has 0 bridgehead atoms. The normalized spacial score (nSPS) is 10.8. The van der Waals surface area contributed by atoms with Crippen molar-refractivity contribution in [3.8, 4) is 0 Å². The molecule has 5 heteroatoms. The lowest BCUT2D eigenvalue weighted by Crippen LogP contribution is -2.01. The van der Waals surface area contributed by atoms with Gasteiger partial charge in [0.2, 0.25) is 0 Å². The fourth-order valence-electron chi connectivity index (χ4n) is 1.97. The molecule has 3 nitrogen and oxygen atoms in total. The van der Waals surface area contributed by atoms with Crippen LogP contribution in [0.4, 0.5) is 5.69 Å². The van der Waals surface area contributed by atoms with E-state index >= 15 is 0 Å². The number of nitrogens with one attached hydrogen (secondary N) is 2. The van der Waals surface area contributed by atoms with Gasteiger partial charge in [-0.25, -0.2) is 4.98 Å². The van der Waals surface area contributed by atoms with Crippen molar-refractivity contribution in [1.82, 2.24) is 9.97 Å². The lowest BCUT2D eigenvalue weighted by molar-refractivity contribution is 0.760.